The summed E-state index contributed by atoms with van der Waals surface area (Å²) in [6.45, 7) is 0. The molecule has 2 aromatic rings. The smallest absolute Gasteiger partial charge is 0.269 e. The van der Waals surface area contributed by atoms with E-state index in [9.17, 15) is 22.8 Å². The highest BCUT2D eigenvalue weighted by atomic mass is 32.2. The topological polar surface area (TPSA) is 121 Å². The fraction of sp³-hybridized carbons (Fsp3) is 0.235. The molecule has 1 saturated heterocycles. The fourth-order valence-corrected chi connectivity index (χ4v) is 4.99. The van der Waals surface area contributed by atoms with Gasteiger partial charge in [0, 0.05) is 11.3 Å². The maximum absolute atomic E-state index is 12.2. The van der Waals surface area contributed by atoms with E-state index in [-0.39, 0.29) is 29.4 Å². The second-order valence-electron chi connectivity index (χ2n) is 6.06. The molecule has 2 heterocycles. The first-order chi connectivity index (χ1) is 12.8. The fourth-order valence-electron chi connectivity index (χ4n) is 2.63. The molecule has 1 atom stereocenters. The van der Waals surface area contributed by atoms with Crippen LogP contribution >= 0.6 is 11.3 Å². The number of hydrazine groups is 1. The number of rotatable bonds is 4. The van der Waals surface area contributed by atoms with Gasteiger partial charge in [0.2, 0.25) is 5.91 Å². The van der Waals surface area contributed by atoms with Crippen molar-refractivity contribution in [2.75, 3.05) is 16.8 Å². The molecule has 10 heteroatoms. The normalized spacial score (nSPS) is 17.9. The molecule has 1 aromatic heterocycles. The Balaban J connectivity index is 1.57. The summed E-state index contributed by atoms with van der Waals surface area (Å²) in [4.78, 5) is 36.8. The lowest BCUT2D eigenvalue weighted by Gasteiger charge is -2.11. The second kappa shape index (κ2) is 7.89. The molecule has 8 nitrogen and oxygen atoms in total. The maximum atomic E-state index is 12.2. The van der Waals surface area contributed by atoms with Crippen molar-refractivity contribution in [1.29, 1.82) is 0 Å². The van der Waals surface area contributed by atoms with Gasteiger partial charge in [-0.25, -0.2) is 8.42 Å². The van der Waals surface area contributed by atoms with Crippen molar-refractivity contribution in [1.82, 2.24) is 10.9 Å². The van der Waals surface area contributed by atoms with Crippen molar-refractivity contribution in [3.63, 3.8) is 0 Å². The summed E-state index contributed by atoms with van der Waals surface area (Å²) in [5.74, 6) is -2.28. The van der Waals surface area contributed by atoms with Gasteiger partial charge in [0.25, 0.3) is 11.8 Å². The van der Waals surface area contributed by atoms with Crippen LogP contribution in [0.25, 0.3) is 0 Å². The first-order valence-electron chi connectivity index (χ1n) is 8.09. The number of anilines is 1. The highest BCUT2D eigenvalue weighted by Crippen LogP contribution is 2.18. The predicted octanol–water partition coefficient (Wildman–Crippen LogP) is 1.20. The van der Waals surface area contributed by atoms with Gasteiger partial charge in [0.15, 0.2) is 9.84 Å². The van der Waals surface area contributed by atoms with Crippen molar-refractivity contribution < 1.29 is 22.8 Å². The van der Waals surface area contributed by atoms with Crippen LogP contribution in [-0.4, -0.2) is 37.6 Å². The summed E-state index contributed by atoms with van der Waals surface area (Å²) < 4.78 is 22.8. The number of nitrogens with one attached hydrogen (secondary N) is 3. The van der Waals surface area contributed by atoms with Crippen LogP contribution < -0.4 is 16.2 Å². The SMILES string of the molecule is O=C(NNC(=O)[C@H]1CCS(=O)(=O)C1)c1cccc(NC(=O)c2cccs2)c1. The molecule has 0 saturated carbocycles. The molecule has 0 bridgehead atoms. The van der Waals surface area contributed by atoms with Crippen molar-refractivity contribution in [3.8, 4) is 0 Å². The first kappa shape index (κ1) is 19.1. The average Bonchev–Trinajstić information content (AvgIpc) is 3.29. The van der Waals surface area contributed by atoms with Crippen LogP contribution in [0, 0.1) is 5.92 Å². The van der Waals surface area contributed by atoms with E-state index < -0.39 is 27.6 Å². The van der Waals surface area contributed by atoms with E-state index in [0.29, 0.717) is 10.6 Å². The van der Waals surface area contributed by atoms with Crippen LogP contribution in [0.3, 0.4) is 0 Å². The van der Waals surface area contributed by atoms with Gasteiger partial charge in [0.1, 0.15) is 0 Å². The Hall–Kier alpha value is -2.72. The van der Waals surface area contributed by atoms with E-state index in [0.717, 1.165) is 0 Å². The number of benzene rings is 1. The number of sulfone groups is 1. The Kier molecular flexibility index (Phi) is 5.57. The summed E-state index contributed by atoms with van der Waals surface area (Å²) in [6.07, 6.45) is 0.244. The lowest BCUT2D eigenvalue weighted by atomic mass is 10.1. The second-order valence-corrected chi connectivity index (χ2v) is 9.23. The quantitative estimate of drug-likeness (QED) is 0.658. The molecular weight excluding hydrogens is 390 g/mol. The molecule has 142 valence electrons. The van der Waals surface area contributed by atoms with Crippen molar-refractivity contribution in [2.45, 2.75) is 6.42 Å². The van der Waals surface area contributed by atoms with E-state index >= 15 is 0 Å². The van der Waals surface area contributed by atoms with E-state index in [4.69, 9.17) is 0 Å². The van der Waals surface area contributed by atoms with Crippen LogP contribution in [0.15, 0.2) is 41.8 Å². The summed E-state index contributed by atoms with van der Waals surface area (Å²) >= 11 is 1.30. The Labute approximate surface area is 159 Å². The minimum Gasteiger partial charge on any atom is -0.321 e. The average molecular weight is 407 g/mol. The maximum Gasteiger partial charge on any atom is 0.269 e. The molecule has 0 aliphatic carbocycles. The summed E-state index contributed by atoms with van der Waals surface area (Å²) in [6, 6.07) is 9.71. The van der Waals surface area contributed by atoms with Crippen molar-refractivity contribution in [3.05, 3.63) is 52.2 Å². The third kappa shape index (κ3) is 4.92. The highest BCUT2D eigenvalue weighted by Gasteiger charge is 2.33. The number of hydrogen-bond acceptors (Lipinski definition) is 6. The van der Waals surface area contributed by atoms with Gasteiger partial charge < -0.3 is 5.32 Å². The number of amides is 3. The molecule has 0 unspecified atom stereocenters. The Morgan fingerprint density at radius 3 is 2.52 bits per heavy atom. The van der Waals surface area contributed by atoms with E-state index in [1.807, 2.05) is 0 Å². The molecule has 0 spiro atoms. The van der Waals surface area contributed by atoms with Gasteiger partial charge in [-0.05, 0) is 36.1 Å². The molecule has 3 amide bonds. The van der Waals surface area contributed by atoms with Gasteiger partial charge in [-0.1, -0.05) is 12.1 Å². The molecular formula is C17H17N3O5S2. The van der Waals surface area contributed by atoms with Crippen LogP contribution in [0.4, 0.5) is 5.69 Å². The van der Waals surface area contributed by atoms with Crippen LogP contribution in [0.1, 0.15) is 26.5 Å². The molecule has 1 fully saturated rings. The zero-order chi connectivity index (χ0) is 19.4. The summed E-state index contributed by atoms with van der Waals surface area (Å²) in [7, 11) is -3.18. The van der Waals surface area contributed by atoms with Gasteiger partial charge >= 0.3 is 0 Å². The van der Waals surface area contributed by atoms with Crippen LogP contribution in [0.2, 0.25) is 0 Å². The molecule has 1 aliphatic heterocycles. The summed E-state index contributed by atoms with van der Waals surface area (Å²) in [5, 5.41) is 4.48. The Morgan fingerprint density at radius 2 is 1.85 bits per heavy atom. The Morgan fingerprint density at radius 1 is 1.04 bits per heavy atom. The predicted molar refractivity (Wildman–Crippen MR) is 101 cm³/mol. The third-order valence-electron chi connectivity index (χ3n) is 4.03. The number of carbonyl (C=O) groups is 3. The molecule has 0 radical (unpaired) electrons. The number of thiophene rings is 1. The molecule has 1 aromatic carbocycles. The van der Waals surface area contributed by atoms with Gasteiger partial charge in [-0.2, -0.15) is 0 Å². The molecule has 27 heavy (non-hydrogen) atoms. The monoisotopic (exact) mass is 407 g/mol. The lowest BCUT2D eigenvalue weighted by molar-refractivity contribution is -0.125. The van der Waals surface area contributed by atoms with Crippen molar-refractivity contribution >= 4 is 44.6 Å². The summed E-state index contributed by atoms with van der Waals surface area (Å²) in [5.41, 5.74) is 5.20. The lowest BCUT2D eigenvalue weighted by Crippen LogP contribution is -2.44. The van der Waals surface area contributed by atoms with Crippen LogP contribution in [-0.2, 0) is 14.6 Å². The van der Waals surface area contributed by atoms with Gasteiger partial charge in [-0.15, -0.1) is 11.3 Å². The number of hydrogen-bond donors (Lipinski definition) is 3. The van der Waals surface area contributed by atoms with E-state index in [1.165, 1.54) is 23.5 Å². The number of carbonyl (C=O) groups excluding carboxylic acids is 3. The zero-order valence-corrected chi connectivity index (χ0v) is 15.7. The van der Waals surface area contributed by atoms with Gasteiger partial charge in [0.05, 0.1) is 22.3 Å². The van der Waals surface area contributed by atoms with Crippen LogP contribution in [0.5, 0.6) is 0 Å². The molecule has 3 N–H and O–H groups in total. The van der Waals surface area contributed by atoms with E-state index in [1.54, 1.807) is 29.6 Å². The van der Waals surface area contributed by atoms with E-state index in [2.05, 4.69) is 16.2 Å². The first-order valence-corrected chi connectivity index (χ1v) is 10.8. The highest BCUT2D eigenvalue weighted by molar-refractivity contribution is 7.91. The standard InChI is InChI=1S/C17H17N3O5S2/c21-15(19-20-16(22)12-6-8-27(24,25)10-12)11-3-1-4-13(9-11)18-17(23)14-5-2-7-26-14/h1-5,7,9,12H,6,8,10H2,(H,18,23)(H,19,21)(H,20,22)/t12-/m0/s1. The molecule has 3 rings (SSSR count). The minimum absolute atomic E-state index is 0.0228. The molecule has 1 aliphatic rings. The zero-order valence-electron chi connectivity index (χ0n) is 14.1. The minimum atomic E-state index is -3.18. The largest absolute Gasteiger partial charge is 0.321 e. The van der Waals surface area contributed by atoms with Crippen molar-refractivity contribution in [2.24, 2.45) is 5.92 Å². The third-order valence-corrected chi connectivity index (χ3v) is 6.67. The van der Waals surface area contributed by atoms with Gasteiger partial charge in [-0.3, -0.25) is 25.2 Å². The Bertz CT molecular complexity index is 970.